The fourth-order valence-corrected chi connectivity index (χ4v) is 2.39. The van der Waals surface area contributed by atoms with Crippen molar-refractivity contribution in [2.24, 2.45) is 0 Å². The third-order valence-corrected chi connectivity index (χ3v) is 3.40. The molecule has 0 amide bonds. The molecule has 1 heterocycles. The first-order chi connectivity index (χ1) is 9.15. The second-order valence-electron chi connectivity index (χ2n) is 4.91. The number of aliphatic carboxylic acids is 1. The van der Waals surface area contributed by atoms with Gasteiger partial charge in [-0.25, -0.2) is 4.39 Å². The lowest BCUT2D eigenvalue weighted by Crippen LogP contribution is -2.33. The molecular weight excluding hydrogens is 247 g/mol. The number of likely N-dealkylation sites (tertiary alicyclic amines) is 1. The smallest absolute Gasteiger partial charge is 0.304 e. The zero-order valence-corrected chi connectivity index (χ0v) is 10.8. The molecule has 1 aliphatic rings. The molecule has 19 heavy (non-hydrogen) atoms. The largest absolute Gasteiger partial charge is 0.481 e. The Hall–Kier alpha value is -1.46. The fraction of sp³-hybridized carbons (Fsp3) is 0.500. The Morgan fingerprint density at radius 3 is 3.00 bits per heavy atom. The van der Waals surface area contributed by atoms with Gasteiger partial charge in [0, 0.05) is 37.8 Å². The molecule has 0 aliphatic carbocycles. The number of halogens is 1. The van der Waals surface area contributed by atoms with Crippen LogP contribution in [-0.2, 0) is 11.3 Å². The minimum atomic E-state index is -0.784. The average Bonchev–Trinajstić information content (AvgIpc) is 2.79. The second kappa shape index (κ2) is 6.63. The summed E-state index contributed by atoms with van der Waals surface area (Å²) in [5.74, 6) is -0.946. The predicted molar refractivity (Wildman–Crippen MR) is 70.3 cm³/mol. The van der Waals surface area contributed by atoms with Crippen LogP contribution in [0, 0.1) is 5.82 Å². The third-order valence-electron chi connectivity index (χ3n) is 3.40. The number of benzene rings is 1. The van der Waals surface area contributed by atoms with Gasteiger partial charge in [-0.05, 0) is 12.5 Å². The highest BCUT2D eigenvalue weighted by Gasteiger charge is 2.22. The Kier molecular flexibility index (Phi) is 4.87. The van der Waals surface area contributed by atoms with Gasteiger partial charge in [-0.15, -0.1) is 0 Å². The maximum absolute atomic E-state index is 13.5. The SMILES string of the molecule is O=C(O)CCNC1CCN(Cc2ccccc2F)C1. The van der Waals surface area contributed by atoms with Crippen molar-refractivity contribution < 1.29 is 14.3 Å². The van der Waals surface area contributed by atoms with E-state index in [0.29, 0.717) is 24.7 Å². The molecule has 4 nitrogen and oxygen atoms in total. The highest BCUT2D eigenvalue weighted by Crippen LogP contribution is 2.15. The number of carboxylic acid groups (broad SMARTS) is 1. The standard InChI is InChI=1S/C14H19FN2O2/c15-13-4-2-1-3-11(13)9-17-8-6-12(10-17)16-7-5-14(18)19/h1-4,12,16H,5-10H2,(H,18,19). The first kappa shape index (κ1) is 14.0. The van der Waals surface area contributed by atoms with E-state index in [1.54, 1.807) is 12.1 Å². The summed E-state index contributed by atoms with van der Waals surface area (Å²) in [6.45, 7) is 2.87. The Bertz CT molecular complexity index is 439. The zero-order chi connectivity index (χ0) is 13.7. The van der Waals surface area contributed by atoms with E-state index in [-0.39, 0.29) is 12.2 Å². The molecule has 0 bridgehead atoms. The second-order valence-corrected chi connectivity index (χ2v) is 4.91. The van der Waals surface area contributed by atoms with Crippen LogP contribution in [0.5, 0.6) is 0 Å². The number of hydrogen-bond donors (Lipinski definition) is 2. The first-order valence-corrected chi connectivity index (χ1v) is 6.56. The molecule has 0 aromatic heterocycles. The lowest BCUT2D eigenvalue weighted by molar-refractivity contribution is -0.136. The molecule has 1 unspecified atom stereocenters. The molecule has 0 spiro atoms. The number of carbonyl (C=O) groups is 1. The molecule has 1 saturated heterocycles. The van der Waals surface area contributed by atoms with Crippen LogP contribution < -0.4 is 5.32 Å². The lowest BCUT2D eigenvalue weighted by Gasteiger charge is -2.17. The van der Waals surface area contributed by atoms with Gasteiger partial charge in [-0.1, -0.05) is 18.2 Å². The number of nitrogens with zero attached hydrogens (tertiary/aromatic N) is 1. The minimum Gasteiger partial charge on any atom is -0.481 e. The van der Waals surface area contributed by atoms with E-state index in [9.17, 15) is 9.18 Å². The topological polar surface area (TPSA) is 52.6 Å². The average molecular weight is 266 g/mol. The minimum absolute atomic E-state index is 0.143. The molecule has 0 saturated carbocycles. The number of carboxylic acids is 1. The van der Waals surface area contributed by atoms with Gasteiger partial charge in [-0.2, -0.15) is 0 Å². The van der Waals surface area contributed by atoms with Crippen molar-refractivity contribution in [2.45, 2.75) is 25.4 Å². The molecular formula is C14H19FN2O2. The van der Waals surface area contributed by atoms with Crippen molar-refractivity contribution in [2.75, 3.05) is 19.6 Å². The Morgan fingerprint density at radius 2 is 2.26 bits per heavy atom. The normalized spacial score (nSPS) is 19.7. The summed E-state index contributed by atoms with van der Waals surface area (Å²) in [5, 5.41) is 11.8. The monoisotopic (exact) mass is 266 g/mol. The number of hydrogen-bond acceptors (Lipinski definition) is 3. The van der Waals surface area contributed by atoms with Crippen molar-refractivity contribution in [1.82, 2.24) is 10.2 Å². The summed E-state index contributed by atoms with van der Waals surface area (Å²) < 4.78 is 13.5. The molecule has 1 aromatic carbocycles. The quantitative estimate of drug-likeness (QED) is 0.818. The van der Waals surface area contributed by atoms with Crippen LogP contribution in [0.1, 0.15) is 18.4 Å². The lowest BCUT2D eigenvalue weighted by atomic mass is 10.2. The van der Waals surface area contributed by atoms with Crippen molar-refractivity contribution in [3.63, 3.8) is 0 Å². The Morgan fingerprint density at radius 1 is 1.47 bits per heavy atom. The zero-order valence-electron chi connectivity index (χ0n) is 10.8. The highest BCUT2D eigenvalue weighted by molar-refractivity contribution is 5.66. The fourth-order valence-electron chi connectivity index (χ4n) is 2.39. The summed E-state index contributed by atoms with van der Waals surface area (Å²) in [7, 11) is 0. The van der Waals surface area contributed by atoms with E-state index in [2.05, 4.69) is 10.2 Å². The molecule has 2 rings (SSSR count). The number of rotatable bonds is 6. The van der Waals surface area contributed by atoms with Gasteiger partial charge in [0.15, 0.2) is 0 Å². The van der Waals surface area contributed by atoms with Crippen LogP contribution in [0.3, 0.4) is 0 Å². The van der Waals surface area contributed by atoms with Crippen LogP contribution in [-0.4, -0.2) is 41.7 Å². The van der Waals surface area contributed by atoms with E-state index >= 15 is 0 Å². The van der Waals surface area contributed by atoms with E-state index in [0.717, 1.165) is 19.5 Å². The van der Waals surface area contributed by atoms with Crippen LogP contribution in [0.25, 0.3) is 0 Å². The maximum atomic E-state index is 13.5. The first-order valence-electron chi connectivity index (χ1n) is 6.56. The molecule has 1 aromatic rings. The molecule has 104 valence electrons. The summed E-state index contributed by atoms with van der Waals surface area (Å²) in [5.41, 5.74) is 0.716. The number of nitrogens with one attached hydrogen (secondary N) is 1. The molecule has 2 N–H and O–H groups in total. The van der Waals surface area contributed by atoms with E-state index in [4.69, 9.17) is 5.11 Å². The molecule has 1 atom stereocenters. The van der Waals surface area contributed by atoms with Crippen LogP contribution in [0.15, 0.2) is 24.3 Å². The van der Waals surface area contributed by atoms with Crippen molar-refractivity contribution in [1.29, 1.82) is 0 Å². The van der Waals surface area contributed by atoms with Gasteiger partial charge in [0.2, 0.25) is 0 Å². The third kappa shape index (κ3) is 4.29. The highest BCUT2D eigenvalue weighted by atomic mass is 19.1. The van der Waals surface area contributed by atoms with Gasteiger partial charge in [0.05, 0.1) is 6.42 Å². The van der Waals surface area contributed by atoms with Gasteiger partial charge in [0.1, 0.15) is 5.82 Å². The van der Waals surface area contributed by atoms with Crippen LogP contribution in [0.2, 0.25) is 0 Å². The van der Waals surface area contributed by atoms with Crippen molar-refractivity contribution >= 4 is 5.97 Å². The van der Waals surface area contributed by atoms with Gasteiger partial charge in [-0.3, -0.25) is 9.69 Å². The maximum Gasteiger partial charge on any atom is 0.304 e. The van der Waals surface area contributed by atoms with Gasteiger partial charge < -0.3 is 10.4 Å². The van der Waals surface area contributed by atoms with Gasteiger partial charge >= 0.3 is 5.97 Å². The van der Waals surface area contributed by atoms with Crippen LogP contribution >= 0.6 is 0 Å². The molecule has 1 aliphatic heterocycles. The Labute approximate surface area is 112 Å². The van der Waals surface area contributed by atoms with Crippen molar-refractivity contribution in [3.8, 4) is 0 Å². The van der Waals surface area contributed by atoms with E-state index in [1.165, 1.54) is 6.07 Å². The van der Waals surface area contributed by atoms with Crippen molar-refractivity contribution in [3.05, 3.63) is 35.6 Å². The van der Waals surface area contributed by atoms with E-state index in [1.807, 2.05) is 6.07 Å². The predicted octanol–water partition coefficient (Wildman–Crippen LogP) is 1.46. The molecule has 0 radical (unpaired) electrons. The molecule has 1 fully saturated rings. The van der Waals surface area contributed by atoms with E-state index < -0.39 is 5.97 Å². The van der Waals surface area contributed by atoms with Crippen LogP contribution in [0.4, 0.5) is 4.39 Å². The summed E-state index contributed by atoms with van der Waals surface area (Å²) >= 11 is 0. The van der Waals surface area contributed by atoms with Gasteiger partial charge in [0.25, 0.3) is 0 Å². The summed E-state index contributed by atoms with van der Waals surface area (Å²) in [4.78, 5) is 12.6. The molecule has 5 heteroatoms. The summed E-state index contributed by atoms with van der Waals surface area (Å²) in [6, 6.07) is 7.14. The summed E-state index contributed by atoms with van der Waals surface area (Å²) in [6.07, 6.45) is 1.12. The Balaban J connectivity index is 1.76.